The van der Waals surface area contributed by atoms with Crippen LogP contribution in [0.15, 0.2) is 48.5 Å². The fourth-order valence-corrected chi connectivity index (χ4v) is 3.79. The van der Waals surface area contributed by atoms with Gasteiger partial charge in [-0.3, -0.25) is 4.79 Å². The fraction of sp³-hybridized carbons (Fsp3) is 0.433. The van der Waals surface area contributed by atoms with E-state index in [1.54, 1.807) is 59.7 Å². The first-order chi connectivity index (χ1) is 19.2. The molecule has 10 nitrogen and oxygen atoms in total. The maximum absolute atomic E-state index is 13.2. The lowest BCUT2D eigenvalue weighted by molar-refractivity contribution is 0.0487. The predicted molar refractivity (Wildman–Crippen MR) is 154 cm³/mol. The van der Waals surface area contributed by atoms with E-state index < -0.39 is 29.4 Å². The Labute approximate surface area is 239 Å². The number of aromatic nitrogens is 1. The Balaban J connectivity index is 1.59. The van der Waals surface area contributed by atoms with Crippen molar-refractivity contribution < 1.29 is 33.0 Å². The van der Waals surface area contributed by atoms with E-state index in [4.69, 9.17) is 14.2 Å². The lowest BCUT2D eigenvalue weighted by Gasteiger charge is -2.24. The molecule has 0 aliphatic rings. The fourth-order valence-electron chi connectivity index (χ4n) is 3.79. The second-order valence-electron chi connectivity index (χ2n) is 11.6. The highest BCUT2D eigenvalue weighted by molar-refractivity contribution is 5.98. The zero-order valence-corrected chi connectivity index (χ0v) is 24.4. The van der Waals surface area contributed by atoms with Gasteiger partial charge in [-0.1, -0.05) is 0 Å². The van der Waals surface area contributed by atoms with Crippen LogP contribution in [0, 0.1) is 5.82 Å². The van der Waals surface area contributed by atoms with Gasteiger partial charge in [0.25, 0.3) is 5.91 Å². The second kappa shape index (κ2) is 13.4. The summed E-state index contributed by atoms with van der Waals surface area (Å²) in [6.45, 7) is 11.1. The first-order valence-corrected chi connectivity index (χ1v) is 13.5. The van der Waals surface area contributed by atoms with E-state index >= 15 is 0 Å². The molecule has 1 aromatic heterocycles. The Morgan fingerprint density at radius 3 is 2.15 bits per heavy atom. The first kappa shape index (κ1) is 31.3. The summed E-state index contributed by atoms with van der Waals surface area (Å²) in [6.07, 6.45) is -0.131. The average Bonchev–Trinajstić information content (AvgIpc) is 3.27. The van der Waals surface area contributed by atoms with Crippen molar-refractivity contribution in [3.8, 4) is 11.5 Å². The highest BCUT2D eigenvalue weighted by atomic mass is 19.1. The van der Waals surface area contributed by atoms with Gasteiger partial charge in [-0.2, -0.15) is 0 Å². The summed E-state index contributed by atoms with van der Waals surface area (Å²) in [4.78, 5) is 40.4. The highest BCUT2D eigenvalue weighted by Gasteiger charge is 2.21. The van der Waals surface area contributed by atoms with E-state index in [0.717, 1.165) is 5.39 Å². The van der Waals surface area contributed by atoms with Crippen LogP contribution in [0.5, 0.6) is 11.5 Å². The number of hydrogen-bond acceptors (Lipinski definition) is 6. The average molecular weight is 571 g/mol. The maximum Gasteiger partial charge on any atom is 0.407 e. The van der Waals surface area contributed by atoms with Crippen LogP contribution in [-0.2, 0) is 9.47 Å². The molecule has 4 N–H and O–H groups in total. The molecule has 0 radical (unpaired) electrons. The Hall–Kier alpha value is -4.28. The molecule has 0 saturated heterocycles. The summed E-state index contributed by atoms with van der Waals surface area (Å²) < 4.78 is 29.5. The van der Waals surface area contributed by atoms with Crippen LogP contribution < -0.4 is 20.7 Å². The lowest BCUT2D eigenvalue weighted by Crippen LogP contribution is -2.46. The number of benzene rings is 2. The zero-order chi connectivity index (χ0) is 30.2. The molecule has 1 atom stereocenters. The van der Waals surface area contributed by atoms with Crippen LogP contribution in [0.25, 0.3) is 10.9 Å². The van der Waals surface area contributed by atoms with Crippen molar-refractivity contribution in [2.75, 3.05) is 13.1 Å². The third-order valence-corrected chi connectivity index (χ3v) is 5.52. The Morgan fingerprint density at radius 1 is 0.854 bits per heavy atom. The largest absolute Gasteiger partial charge is 0.457 e. The van der Waals surface area contributed by atoms with Crippen molar-refractivity contribution in [1.82, 2.24) is 20.9 Å². The summed E-state index contributed by atoms with van der Waals surface area (Å²) in [6, 6.07) is 12.3. The Kier molecular flexibility index (Phi) is 10.2. The van der Waals surface area contributed by atoms with E-state index in [1.807, 2.05) is 6.07 Å². The predicted octanol–water partition coefficient (Wildman–Crippen LogP) is 6.03. The molecule has 3 rings (SSSR count). The standard InChI is InChI=1S/C30H39FN4O6/c1-29(2,3)40-27(37)32-15-7-8-21(34-28(38)41-30(4,5)6)18-33-26(36)25-16-19-9-12-23(17-24(19)35-25)39-22-13-10-20(31)11-14-22/h9-14,16-17,21,35H,7-8,15,18H2,1-6H3,(H,32,37)(H,33,36)(H,34,38). The summed E-state index contributed by atoms with van der Waals surface area (Å²) >= 11 is 0. The van der Waals surface area contributed by atoms with E-state index in [2.05, 4.69) is 20.9 Å². The lowest BCUT2D eigenvalue weighted by atomic mass is 10.1. The number of rotatable bonds is 10. The van der Waals surface area contributed by atoms with Gasteiger partial charge in [0.05, 0.1) is 0 Å². The molecule has 0 aliphatic carbocycles. The van der Waals surface area contributed by atoms with Crippen molar-refractivity contribution in [1.29, 1.82) is 0 Å². The number of nitrogens with one attached hydrogen (secondary N) is 4. The van der Waals surface area contributed by atoms with E-state index in [-0.39, 0.29) is 18.3 Å². The molecule has 0 saturated carbocycles. The van der Waals surface area contributed by atoms with Gasteiger partial charge in [-0.05, 0) is 96.8 Å². The zero-order valence-electron chi connectivity index (χ0n) is 24.4. The number of alkyl carbamates (subject to hydrolysis) is 2. The van der Waals surface area contributed by atoms with Gasteiger partial charge in [-0.25, -0.2) is 14.0 Å². The first-order valence-electron chi connectivity index (χ1n) is 13.5. The van der Waals surface area contributed by atoms with Crippen molar-refractivity contribution >= 4 is 29.0 Å². The number of carbonyl (C=O) groups is 3. The van der Waals surface area contributed by atoms with Crippen LogP contribution in [0.1, 0.15) is 64.9 Å². The van der Waals surface area contributed by atoms with Crippen LogP contribution >= 0.6 is 0 Å². The van der Waals surface area contributed by atoms with Crippen molar-refractivity contribution in [3.63, 3.8) is 0 Å². The molecule has 3 amide bonds. The van der Waals surface area contributed by atoms with Gasteiger partial charge in [0.15, 0.2) is 0 Å². The minimum Gasteiger partial charge on any atom is -0.457 e. The number of carbonyl (C=O) groups excluding carboxylic acids is 3. The maximum atomic E-state index is 13.2. The molecule has 0 aliphatic heterocycles. The van der Waals surface area contributed by atoms with E-state index in [9.17, 15) is 18.8 Å². The van der Waals surface area contributed by atoms with Crippen LogP contribution in [0.2, 0.25) is 0 Å². The van der Waals surface area contributed by atoms with Gasteiger partial charge in [-0.15, -0.1) is 0 Å². The molecule has 2 aromatic carbocycles. The van der Waals surface area contributed by atoms with Gasteiger partial charge < -0.3 is 35.1 Å². The summed E-state index contributed by atoms with van der Waals surface area (Å²) in [5.74, 6) is 0.304. The number of aromatic amines is 1. The molecule has 1 unspecified atom stereocenters. The minimum absolute atomic E-state index is 0.138. The molecule has 222 valence electrons. The van der Waals surface area contributed by atoms with Crippen LogP contribution in [0.4, 0.5) is 14.0 Å². The molecular formula is C30H39FN4O6. The number of ether oxygens (including phenoxy) is 3. The van der Waals surface area contributed by atoms with Gasteiger partial charge in [0.1, 0.15) is 34.2 Å². The van der Waals surface area contributed by atoms with Crippen molar-refractivity contribution in [2.45, 2.75) is 71.6 Å². The number of hydrogen-bond donors (Lipinski definition) is 4. The summed E-state index contributed by atoms with van der Waals surface area (Å²) in [7, 11) is 0. The number of halogens is 1. The van der Waals surface area contributed by atoms with Gasteiger partial charge in [0, 0.05) is 36.1 Å². The molecule has 11 heteroatoms. The quantitative estimate of drug-likeness (QED) is 0.220. The number of fused-ring (bicyclic) bond motifs is 1. The molecular weight excluding hydrogens is 531 g/mol. The third-order valence-electron chi connectivity index (χ3n) is 5.52. The third kappa shape index (κ3) is 11.0. The minimum atomic E-state index is -0.681. The van der Waals surface area contributed by atoms with E-state index in [1.165, 1.54) is 24.3 Å². The molecule has 0 fully saturated rings. The second-order valence-corrected chi connectivity index (χ2v) is 11.6. The molecule has 3 aromatic rings. The molecule has 0 bridgehead atoms. The van der Waals surface area contributed by atoms with Gasteiger partial charge in [0.2, 0.25) is 0 Å². The number of amides is 3. The number of H-pyrrole nitrogens is 1. The Bertz CT molecular complexity index is 1340. The molecule has 41 heavy (non-hydrogen) atoms. The van der Waals surface area contributed by atoms with Crippen molar-refractivity contribution in [3.05, 3.63) is 60.0 Å². The SMILES string of the molecule is CC(C)(C)OC(=O)NCCCC(CNC(=O)c1cc2ccc(Oc3ccc(F)cc3)cc2[nH]1)NC(=O)OC(C)(C)C. The van der Waals surface area contributed by atoms with Crippen molar-refractivity contribution in [2.24, 2.45) is 0 Å². The van der Waals surface area contributed by atoms with Crippen LogP contribution in [-0.4, -0.2) is 53.4 Å². The topological polar surface area (TPSA) is 131 Å². The molecule has 0 spiro atoms. The van der Waals surface area contributed by atoms with Gasteiger partial charge >= 0.3 is 12.2 Å². The smallest absolute Gasteiger partial charge is 0.407 e. The van der Waals surface area contributed by atoms with E-state index in [0.29, 0.717) is 42.1 Å². The Morgan fingerprint density at radius 2 is 1.49 bits per heavy atom. The molecule has 1 heterocycles. The monoisotopic (exact) mass is 570 g/mol. The summed E-state index contributed by atoms with van der Waals surface area (Å²) in [5, 5.41) is 9.14. The normalized spacial score (nSPS) is 12.4. The highest BCUT2D eigenvalue weighted by Crippen LogP contribution is 2.26. The summed E-state index contributed by atoms with van der Waals surface area (Å²) in [5.41, 5.74) is -0.262. The van der Waals surface area contributed by atoms with Crippen LogP contribution in [0.3, 0.4) is 0 Å².